The maximum atomic E-state index is 11.5. The van der Waals surface area contributed by atoms with Gasteiger partial charge in [0.25, 0.3) is 0 Å². The Balaban J connectivity index is 2.06. The minimum atomic E-state index is -2.89. The summed E-state index contributed by atoms with van der Waals surface area (Å²) in [5.41, 5.74) is 1.05. The number of nitrogens with zero attached hydrogens (tertiary/aromatic N) is 2. The maximum absolute atomic E-state index is 11.5. The van der Waals surface area contributed by atoms with Crippen LogP contribution in [-0.4, -0.2) is 43.5 Å². The van der Waals surface area contributed by atoms with Gasteiger partial charge in [0.1, 0.15) is 5.82 Å². The van der Waals surface area contributed by atoms with Crippen LogP contribution in [0.15, 0.2) is 12.3 Å². The van der Waals surface area contributed by atoms with E-state index in [0.717, 1.165) is 5.56 Å². The SMILES string of the molecule is CC(C)(C)NCc1cnc(N2CCS(=O)(=O)CC2)c(Cl)c1. The van der Waals surface area contributed by atoms with E-state index in [4.69, 9.17) is 11.6 Å². The number of anilines is 1. The van der Waals surface area contributed by atoms with Gasteiger partial charge in [-0.1, -0.05) is 11.6 Å². The molecule has 0 spiro atoms. The van der Waals surface area contributed by atoms with Crippen LogP contribution in [0, 0.1) is 0 Å². The molecule has 1 aromatic heterocycles. The maximum Gasteiger partial charge on any atom is 0.153 e. The molecule has 0 unspecified atom stereocenters. The molecule has 1 aliphatic rings. The smallest absolute Gasteiger partial charge is 0.153 e. The van der Waals surface area contributed by atoms with E-state index >= 15 is 0 Å². The van der Waals surface area contributed by atoms with E-state index in [9.17, 15) is 8.42 Å². The third-order valence-corrected chi connectivity index (χ3v) is 5.23. The summed E-state index contributed by atoms with van der Waals surface area (Å²) in [6.45, 7) is 7.91. The average Bonchev–Trinajstić information content (AvgIpc) is 2.36. The van der Waals surface area contributed by atoms with Crippen LogP contribution in [0.3, 0.4) is 0 Å². The van der Waals surface area contributed by atoms with Crippen molar-refractivity contribution in [3.8, 4) is 0 Å². The molecule has 1 aromatic rings. The first-order valence-electron chi connectivity index (χ1n) is 7.01. The Morgan fingerprint density at radius 1 is 1.33 bits per heavy atom. The molecule has 1 N–H and O–H groups in total. The van der Waals surface area contributed by atoms with Gasteiger partial charge in [-0.3, -0.25) is 0 Å². The molecule has 2 heterocycles. The van der Waals surface area contributed by atoms with E-state index in [0.29, 0.717) is 30.5 Å². The number of rotatable bonds is 3. The number of sulfone groups is 1. The van der Waals surface area contributed by atoms with E-state index in [1.807, 2.05) is 11.0 Å². The molecule has 0 radical (unpaired) electrons. The van der Waals surface area contributed by atoms with E-state index in [1.54, 1.807) is 6.20 Å². The zero-order valence-electron chi connectivity index (χ0n) is 12.7. The van der Waals surface area contributed by atoms with Crippen molar-refractivity contribution in [3.05, 3.63) is 22.8 Å². The fraction of sp³-hybridized carbons (Fsp3) is 0.643. The minimum absolute atomic E-state index is 0.0341. The first-order chi connectivity index (χ1) is 9.66. The van der Waals surface area contributed by atoms with Crippen molar-refractivity contribution in [3.63, 3.8) is 0 Å². The third-order valence-electron chi connectivity index (χ3n) is 3.35. The number of aromatic nitrogens is 1. The monoisotopic (exact) mass is 331 g/mol. The Labute approximate surface area is 131 Å². The van der Waals surface area contributed by atoms with E-state index < -0.39 is 9.84 Å². The van der Waals surface area contributed by atoms with Crippen LogP contribution >= 0.6 is 11.6 Å². The second kappa shape index (κ2) is 6.10. The number of hydrogen-bond donors (Lipinski definition) is 1. The van der Waals surface area contributed by atoms with Gasteiger partial charge in [-0.15, -0.1) is 0 Å². The first-order valence-corrected chi connectivity index (χ1v) is 9.21. The lowest BCUT2D eigenvalue weighted by atomic mass is 10.1. The largest absolute Gasteiger partial charge is 0.353 e. The van der Waals surface area contributed by atoms with Gasteiger partial charge in [0.05, 0.1) is 16.5 Å². The van der Waals surface area contributed by atoms with Gasteiger partial charge in [0.15, 0.2) is 9.84 Å². The summed E-state index contributed by atoms with van der Waals surface area (Å²) in [4.78, 5) is 6.34. The summed E-state index contributed by atoms with van der Waals surface area (Å²) in [5, 5.41) is 3.96. The number of nitrogens with one attached hydrogen (secondary N) is 1. The van der Waals surface area contributed by atoms with Gasteiger partial charge in [0.2, 0.25) is 0 Å². The van der Waals surface area contributed by atoms with Crippen LogP contribution in [0.25, 0.3) is 0 Å². The molecule has 7 heteroatoms. The Kier molecular flexibility index (Phi) is 4.80. The highest BCUT2D eigenvalue weighted by Gasteiger charge is 2.24. The minimum Gasteiger partial charge on any atom is -0.353 e. The summed E-state index contributed by atoms with van der Waals surface area (Å²) in [6, 6.07) is 1.89. The summed E-state index contributed by atoms with van der Waals surface area (Å²) in [5.74, 6) is 1.00. The second-order valence-electron chi connectivity index (χ2n) is 6.39. The lowest BCUT2D eigenvalue weighted by molar-refractivity contribution is 0.424. The zero-order chi connectivity index (χ0) is 15.7. The number of hydrogen-bond acceptors (Lipinski definition) is 5. The third kappa shape index (κ3) is 4.83. The van der Waals surface area contributed by atoms with E-state index in [2.05, 4.69) is 31.1 Å². The van der Waals surface area contributed by atoms with Crippen LogP contribution in [0.1, 0.15) is 26.3 Å². The van der Waals surface area contributed by atoms with E-state index in [-0.39, 0.29) is 17.0 Å². The summed E-state index contributed by atoms with van der Waals surface area (Å²) < 4.78 is 22.9. The van der Waals surface area contributed by atoms with Crippen molar-refractivity contribution in [2.24, 2.45) is 0 Å². The molecule has 118 valence electrons. The molecule has 1 fully saturated rings. The van der Waals surface area contributed by atoms with Crippen molar-refractivity contribution in [2.45, 2.75) is 32.9 Å². The molecule has 5 nitrogen and oxygen atoms in total. The highest BCUT2D eigenvalue weighted by molar-refractivity contribution is 7.91. The normalized spacial score (nSPS) is 18.8. The molecule has 0 aliphatic carbocycles. The van der Waals surface area contributed by atoms with Gasteiger partial charge in [-0.25, -0.2) is 13.4 Å². The molecule has 0 bridgehead atoms. The predicted octanol–water partition coefficient (Wildman–Crippen LogP) is 1.86. The fourth-order valence-corrected chi connectivity index (χ4v) is 3.60. The lowest BCUT2D eigenvalue weighted by Crippen LogP contribution is -2.40. The van der Waals surface area contributed by atoms with Gasteiger partial charge >= 0.3 is 0 Å². The van der Waals surface area contributed by atoms with Gasteiger partial charge in [0, 0.05) is 31.4 Å². The fourth-order valence-electron chi connectivity index (χ4n) is 2.09. The highest BCUT2D eigenvalue weighted by Crippen LogP contribution is 2.25. The van der Waals surface area contributed by atoms with E-state index in [1.165, 1.54) is 0 Å². The summed E-state index contributed by atoms with van der Waals surface area (Å²) in [6.07, 6.45) is 1.79. The van der Waals surface area contributed by atoms with Gasteiger partial charge < -0.3 is 10.2 Å². The quantitative estimate of drug-likeness (QED) is 0.916. The van der Waals surface area contributed by atoms with Crippen LogP contribution in [0.2, 0.25) is 5.02 Å². The second-order valence-corrected chi connectivity index (χ2v) is 9.10. The molecule has 0 saturated carbocycles. The molecule has 0 aromatic carbocycles. The Bertz CT molecular complexity index is 597. The molecule has 2 rings (SSSR count). The summed E-state index contributed by atoms with van der Waals surface area (Å²) in [7, 11) is -2.89. The van der Waals surface area contributed by atoms with Crippen molar-refractivity contribution < 1.29 is 8.42 Å². The summed E-state index contributed by atoms with van der Waals surface area (Å²) >= 11 is 6.30. The molecule has 0 atom stereocenters. The highest BCUT2D eigenvalue weighted by atomic mass is 35.5. The molecule has 1 saturated heterocycles. The van der Waals surface area contributed by atoms with Crippen LogP contribution in [-0.2, 0) is 16.4 Å². The van der Waals surface area contributed by atoms with Crippen molar-refractivity contribution in [1.29, 1.82) is 0 Å². The molecular formula is C14H22ClN3O2S. The zero-order valence-corrected chi connectivity index (χ0v) is 14.3. The van der Waals surface area contributed by atoms with Crippen LogP contribution in [0.4, 0.5) is 5.82 Å². The Hall–Kier alpha value is -0.850. The lowest BCUT2D eigenvalue weighted by Gasteiger charge is -2.28. The Morgan fingerprint density at radius 2 is 1.95 bits per heavy atom. The van der Waals surface area contributed by atoms with Crippen molar-refractivity contribution >= 4 is 27.3 Å². The van der Waals surface area contributed by atoms with Crippen LogP contribution < -0.4 is 10.2 Å². The van der Waals surface area contributed by atoms with Gasteiger partial charge in [-0.2, -0.15) is 0 Å². The predicted molar refractivity (Wildman–Crippen MR) is 86.7 cm³/mol. The van der Waals surface area contributed by atoms with Gasteiger partial charge in [-0.05, 0) is 32.4 Å². The first kappa shape index (κ1) is 16.5. The Morgan fingerprint density at radius 3 is 2.48 bits per heavy atom. The van der Waals surface area contributed by atoms with Crippen LogP contribution in [0.5, 0.6) is 0 Å². The molecule has 1 aliphatic heterocycles. The molecular weight excluding hydrogens is 310 g/mol. The average molecular weight is 332 g/mol. The number of halogens is 1. The topological polar surface area (TPSA) is 62.3 Å². The standard InChI is InChI=1S/C14H22ClN3O2S/c1-14(2,3)17-10-11-8-12(15)13(16-9-11)18-4-6-21(19,20)7-5-18/h8-9,17H,4-7,10H2,1-3H3. The number of pyridine rings is 1. The molecule has 21 heavy (non-hydrogen) atoms. The molecule has 0 amide bonds. The van der Waals surface area contributed by atoms with Crippen molar-refractivity contribution in [2.75, 3.05) is 29.5 Å². The van der Waals surface area contributed by atoms with Crippen molar-refractivity contribution in [1.82, 2.24) is 10.3 Å².